The third-order valence-corrected chi connectivity index (χ3v) is 5.07. The molecule has 0 saturated heterocycles. The Labute approximate surface area is 207 Å². The fourth-order valence-corrected chi connectivity index (χ4v) is 3.49. The van der Waals surface area contributed by atoms with Crippen molar-refractivity contribution in [3.05, 3.63) is 71.2 Å². The normalized spacial score (nSPS) is 10.1. The smallest absolute Gasteiger partial charge is 0.255 e. The van der Waals surface area contributed by atoms with Crippen LogP contribution in [0.25, 0.3) is 0 Å². The summed E-state index contributed by atoms with van der Waals surface area (Å²) in [4.78, 5) is 23.8. The molecule has 0 fully saturated rings. The molecule has 176 valence electrons. The summed E-state index contributed by atoms with van der Waals surface area (Å²) in [5.74, 6) is 0.503. The molecule has 34 heavy (non-hydrogen) atoms. The highest BCUT2D eigenvalue weighted by Crippen LogP contribution is 2.36. The van der Waals surface area contributed by atoms with Gasteiger partial charge in [0, 0.05) is 35.6 Å². The molecule has 0 atom stereocenters. The van der Waals surface area contributed by atoms with Crippen LogP contribution in [0.3, 0.4) is 0 Å². The number of hydrogen-bond acceptors (Lipinski definition) is 5. The third kappa shape index (κ3) is 6.60. The topological polar surface area (TPSA) is 101 Å². The first-order valence-corrected chi connectivity index (χ1v) is 10.9. The number of amides is 2. The highest BCUT2D eigenvalue weighted by atomic mass is 35.5. The molecular formula is C24H23ClN4O4S. The van der Waals surface area contributed by atoms with Gasteiger partial charge in [0.25, 0.3) is 5.91 Å². The first-order chi connectivity index (χ1) is 16.3. The Hall–Kier alpha value is -3.82. The number of anilines is 4. The van der Waals surface area contributed by atoms with Crippen LogP contribution in [0.5, 0.6) is 11.5 Å². The number of nitrogens with one attached hydrogen (secondary N) is 4. The lowest BCUT2D eigenvalue weighted by Gasteiger charge is -2.15. The zero-order chi connectivity index (χ0) is 24.7. The van der Waals surface area contributed by atoms with Crippen LogP contribution in [0.4, 0.5) is 22.7 Å². The Morgan fingerprint density at radius 1 is 0.794 bits per heavy atom. The quantitative estimate of drug-likeness (QED) is 0.324. The molecule has 2 amide bonds. The number of carbonyl (C=O) groups excluding carboxylic acids is 2. The van der Waals surface area contributed by atoms with Crippen molar-refractivity contribution >= 4 is 63.5 Å². The van der Waals surface area contributed by atoms with Crippen molar-refractivity contribution in [1.29, 1.82) is 0 Å². The Bertz CT molecular complexity index is 1220. The van der Waals surface area contributed by atoms with Crippen LogP contribution >= 0.6 is 23.8 Å². The Balaban J connectivity index is 1.62. The number of halogens is 1. The number of thiocarbonyl (C=S) groups is 1. The van der Waals surface area contributed by atoms with Crippen molar-refractivity contribution in [3.63, 3.8) is 0 Å². The van der Waals surface area contributed by atoms with Gasteiger partial charge in [-0.3, -0.25) is 9.59 Å². The van der Waals surface area contributed by atoms with Gasteiger partial charge in [0.1, 0.15) is 11.5 Å². The summed E-state index contributed by atoms with van der Waals surface area (Å²) < 4.78 is 10.6. The summed E-state index contributed by atoms with van der Waals surface area (Å²) in [6.45, 7) is 1.41. The minimum atomic E-state index is -0.298. The molecule has 4 N–H and O–H groups in total. The molecule has 10 heteroatoms. The molecule has 0 bridgehead atoms. The van der Waals surface area contributed by atoms with Crippen LogP contribution in [-0.4, -0.2) is 31.1 Å². The van der Waals surface area contributed by atoms with E-state index in [1.165, 1.54) is 21.1 Å². The van der Waals surface area contributed by atoms with Crippen LogP contribution in [0, 0.1) is 0 Å². The molecular weight excluding hydrogens is 476 g/mol. The number of ether oxygens (including phenoxy) is 2. The molecule has 0 aliphatic rings. The van der Waals surface area contributed by atoms with Crippen molar-refractivity contribution in [3.8, 4) is 11.5 Å². The van der Waals surface area contributed by atoms with Gasteiger partial charge in [-0.15, -0.1) is 0 Å². The fourth-order valence-electron chi connectivity index (χ4n) is 3.02. The van der Waals surface area contributed by atoms with Crippen LogP contribution in [0.1, 0.15) is 17.3 Å². The Kier molecular flexibility index (Phi) is 8.29. The van der Waals surface area contributed by atoms with E-state index in [0.717, 1.165) is 0 Å². The number of carbonyl (C=O) groups is 2. The van der Waals surface area contributed by atoms with E-state index in [4.69, 9.17) is 33.3 Å². The van der Waals surface area contributed by atoms with Gasteiger partial charge in [-0.05, 0) is 60.7 Å². The summed E-state index contributed by atoms with van der Waals surface area (Å²) in [5, 5.41) is 12.3. The van der Waals surface area contributed by atoms with E-state index in [0.29, 0.717) is 49.9 Å². The minimum Gasteiger partial charge on any atom is -0.495 e. The second-order valence-electron chi connectivity index (χ2n) is 7.06. The van der Waals surface area contributed by atoms with Crippen LogP contribution in [0.2, 0.25) is 5.02 Å². The number of rotatable bonds is 7. The maximum atomic E-state index is 12.5. The number of methoxy groups -OCH3 is 2. The second kappa shape index (κ2) is 11.4. The van der Waals surface area contributed by atoms with Crippen LogP contribution < -0.4 is 30.7 Å². The lowest BCUT2D eigenvalue weighted by molar-refractivity contribution is -0.114. The van der Waals surface area contributed by atoms with Gasteiger partial charge in [0.15, 0.2) is 5.11 Å². The molecule has 0 radical (unpaired) electrons. The van der Waals surface area contributed by atoms with Gasteiger partial charge in [-0.2, -0.15) is 0 Å². The molecule has 0 unspecified atom stereocenters. The lowest BCUT2D eigenvalue weighted by atomic mass is 10.1. The highest BCUT2D eigenvalue weighted by Gasteiger charge is 2.12. The van der Waals surface area contributed by atoms with E-state index < -0.39 is 0 Å². The van der Waals surface area contributed by atoms with E-state index in [-0.39, 0.29) is 11.8 Å². The summed E-state index contributed by atoms with van der Waals surface area (Å²) >= 11 is 11.6. The van der Waals surface area contributed by atoms with Gasteiger partial charge in [0.2, 0.25) is 5.91 Å². The maximum Gasteiger partial charge on any atom is 0.255 e. The van der Waals surface area contributed by atoms with Gasteiger partial charge in [-0.25, -0.2) is 0 Å². The largest absolute Gasteiger partial charge is 0.495 e. The third-order valence-electron chi connectivity index (χ3n) is 4.57. The Morgan fingerprint density at radius 3 is 2.06 bits per heavy atom. The van der Waals surface area contributed by atoms with Crippen molar-refractivity contribution in [1.82, 2.24) is 0 Å². The van der Waals surface area contributed by atoms with Gasteiger partial charge in [0.05, 0.1) is 24.9 Å². The molecule has 0 aliphatic heterocycles. The van der Waals surface area contributed by atoms with Crippen LogP contribution in [-0.2, 0) is 4.79 Å². The van der Waals surface area contributed by atoms with Crippen molar-refractivity contribution < 1.29 is 19.1 Å². The number of hydrogen-bond donors (Lipinski definition) is 4. The van der Waals surface area contributed by atoms with E-state index in [1.807, 2.05) is 0 Å². The van der Waals surface area contributed by atoms with Crippen molar-refractivity contribution in [2.45, 2.75) is 6.92 Å². The molecule has 3 rings (SSSR count). The predicted molar refractivity (Wildman–Crippen MR) is 140 cm³/mol. The monoisotopic (exact) mass is 498 g/mol. The molecule has 3 aromatic carbocycles. The fraction of sp³-hybridized carbons (Fsp3) is 0.125. The molecule has 0 spiro atoms. The van der Waals surface area contributed by atoms with Crippen molar-refractivity contribution in [2.75, 3.05) is 35.5 Å². The van der Waals surface area contributed by atoms with Crippen LogP contribution in [0.15, 0.2) is 60.7 Å². The van der Waals surface area contributed by atoms with Gasteiger partial charge >= 0.3 is 0 Å². The number of benzene rings is 3. The average molecular weight is 499 g/mol. The van der Waals surface area contributed by atoms with E-state index in [1.54, 1.807) is 60.7 Å². The molecule has 0 saturated carbocycles. The average Bonchev–Trinajstić information content (AvgIpc) is 2.80. The summed E-state index contributed by atoms with van der Waals surface area (Å²) in [6.07, 6.45) is 0. The van der Waals surface area contributed by atoms with E-state index in [9.17, 15) is 9.59 Å². The highest BCUT2D eigenvalue weighted by molar-refractivity contribution is 7.80. The molecule has 0 heterocycles. The first kappa shape index (κ1) is 24.8. The predicted octanol–water partition coefficient (Wildman–Crippen LogP) is 5.38. The second-order valence-corrected chi connectivity index (χ2v) is 7.88. The zero-order valence-corrected chi connectivity index (χ0v) is 20.3. The molecule has 0 aromatic heterocycles. The summed E-state index contributed by atoms with van der Waals surface area (Å²) in [6, 6.07) is 17.0. The van der Waals surface area contributed by atoms with Gasteiger partial charge < -0.3 is 30.7 Å². The minimum absolute atomic E-state index is 0.207. The van der Waals surface area contributed by atoms with Crippen molar-refractivity contribution in [2.24, 2.45) is 0 Å². The molecule has 0 aliphatic carbocycles. The first-order valence-electron chi connectivity index (χ1n) is 10.1. The SMILES string of the molecule is COc1cc(OC)c(NC(=S)Nc2ccc(NC(=O)c3cccc(NC(C)=O)c3)cc2)cc1Cl. The van der Waals surface area contributed by atoms with Gasteiger partial charge in [-0.1, -0.05) is 17.7 Å². The zero-order valence-electron chi connectivity index (χ0n) is 18.7. The standard InChI is InChI=1S/C24H23ClN4O4S/c1-14(30)26-18-6-4-5-15(11-18)23(31)27-16-7-9-17(10-8-16)28-24(34)29-20-12-19(25)21(32-2)13-22(20)33-3/h4-13H,1-3H3,(H,26,30)(H,27,31)(H2,28,29,34). The Morgan fingerprint density at radius 2 is 1.44 bits per heavy atom. The maximum absolute atomic E-state index is 12.5. The lowest BCUT2D eigenvalue weighted by Crippen LogP contribution is -2.19. The summed E-state index contributed by atoms with van der Waals surface area (Å²) in [5.41, 5.74) is 2.86. The summed E-state index contributed by atoms with van der Waals surface area (Å²) in [7, 11) is 3.06. The molecule has 8 nitrogen and oxygen atoms in total. The molecule has 3 aromatic rings. The van der Waals surface area contributed by atoms with E-state index >= 15 is 0 Å². The van der Waals surface area contributed by atoms with E-state index in [2.05, 4.69) is 21.3 Å².